The third kappa shape index (κ3) is 6.47. The number of benzene rings is 2. The Hall–Kier alpha value is -4.20. The highest BCUT2D eigenvalue weighted by Gasteiger charge is 2.24. The summed E-state index contributed by atoms with van der Waals surface area (Å²) >= 11 is 0. The molecule has 8 nitrogen and oxygen atoms in total. The molecule has 0 spiro atoms. The van der Waals surface area contributed by atoms with Crippen LogP contribution in [0.15, 0.2) is 60.7 Å². The van der Waals surface area contributed by atoms with Gasteiger partial charge < -0.3 is 20.2 Å². The van der Waals surface area contributed by atoms with E-state index >= 15 is 0 Å². The number of hydrogen-bond acceptors (Lipinski definition) is 6. The number of hydrogen-bond donors (Lipinski definition) is 2. The molecule has 1 aromatic heterocycles. The van der Waals surface area contributed by atoms with Crippen molar-refractivity contribution < 1.29 is 14.7 Å². The number of aliphatic carboxylic acids is 1. The summed E-state index contributed by atoms with van der Waals surface area (Å²) in [7, 11) is 3.74. The summed E-state index contributed by atoms with van der Waals surface area (Å²) in [5.41, 5.74) is 3.31. The van der Waals surface area contributed by atoms with E-state index < -0.39 is 5.97 Å². The molecular formula is C28H31N5O3. The lowest BCUT2D eigenvalue weighted by Gasteiger charge is -2.24. The van der Waals surface area contributed by atoms with Gasteiger partial charge in [0, 0.05) is 50.9 Å². The largest absolute Gasteiger partial charge is 0.481 e. The van der Waals surface area contributed by atoms with E-state index in [-0.39, 0.29) is 12.3 Å². The zero-order chi connectivity index (χ0) is 25.5. The predicted octanol–water partition coefficient (Wildman–Crippen LogP) is 4.01. The number of aromatic nitrogens is 2. The topological polar surface area (TPSA) is 98.7 Å². The number of nitrogens with zero attached hydrogens (tertiary/aromatic N) is 4. The molecule has 0 bridgehead atoms. The molecule has 186 valence electrons. The van der Waals surface area contributed by atoms with Crippen LogP contribution in [0, 0.1) is 0 Å². The lowest BCUT2D eigenvalue weighted by molar-refractivity contribution is -0.136. The molecule has 4 rings (SSSR count). The Bertz CT molecular complexity index is 1230. The summed E-state index contributed by atoms with van der Waals surface area (Å²) in [6.45, 7) is 1.73. The summed E-state index contributed by atoms with van der Waals surface area (Å²) in [5.74, 6) is 0.898. The maximum atomic E-state index is 12.3. The Morgan fingerprint density at radius 2 is 1.72 bits per heavy atom. The molecule has 0 saturated carbocycles. The first-order valence-electron chi connectivity index (χ1n) is 12.1. The van der Waals surface area contributed by atoms with Crippen LogP contribution in [-0.4, -0.2) is 54.1 Å². The van der Waals surface area contributed by atoms with Gasteiger partial charge in [-0.25, -0.2) is 9.97 Å². The minimum atomic E-state index is -0.897. The van der Waals surface area contributed by atoms with Crippen LogP contribution in [0.2, 0.25) is 0 Å². The highest BCUT2D eigenvalue weighted by molar-refractivity contribution is 6.01. The second kappa shape index (κ2) is 11.5. The summed E-state index contributed by atoms with van der Waals surface area (Å²) in [5, 5.41) is 12.4. The fourth-order valence-electron chi connectivity index (χ4n) is 4.26. The van der Waals surface area contributed by atoms with Crippen LogP contribution < -0.4 is 15.1 Å². The third-order valence-corrected chi connectivity index (χ3v) is 5.98. The van der Waals surface area contributed by atoms with Crippen LogP contribution in [0.3, 0.4) is 0 Å². The molecular weight excluding hydrogens is 454 g/mol. The van der Waals surface area contributed by atoms with E-state index in [1.807, 2.05) is 73.6 Å². The quantitative estimate of drug-likeness (QED) is 0.442. The SMILES string of the molecule is CN(C)c1nc(Cc2ccc(NC(=O)/C=C/c3ccccc3)cc2)nc(N2CCCC2)c1CC(=O)O. The molecule has 36 heavy (non-hydrogen) atoms. The van der Waals surface area contributed by atoms with Crippen molar-refractivity contribution >= 4 is 35.3 Å². The van der Waals surface area contributed by atoms with E-state index in [0.29, 0.717) is 29.3 Å². The summed E-state index contributed by atoms with van der Waals surface area (Å²) in [6, 6.07) is 17.3. The van der Waals surface area contributed by atoms with Crippen molar-refractivity contribution in [2.24, 2.45) is 0 Å². The molecule has 2 aromatic carbocycles. The minimum Gasteiger partial charge on any atom is -0.481 e. The zero-order valence-electron chi connectivity index (χ0n) is 20.6. The molecule has 0 atom stereocenters. The van der Waals surface area contributed by atoms with E-state index in [1.54, 1.807) is 6.08 Å². The molecule has 1 aliphatic rings. The number of nitrogens with one attached hydrogen (secondary N) is 1. The Kier molecular flexibility index (Phi) is 7.95. The number of carboxylic acid groups (broad SMARTS) is 1. The van der Waals surface area contributed by atoms with Crippen molar-refractivity contribution in [1.29, 1.82) is 0 Å². The van der Waals surface area contributed by atoms with Gasteiger partial charge in [0.15, 0.2) is 0 Å². The van der Waals surface area contributed by atoms with Crippen molar-refractivity contribution in [2.45, 2.75) is 25.7 Å². The third-order valence-electron chi connectivity index (χ3n) is 5.98. The lowest BCUT2D eigenvalue weighted by atomic mass is 10.1. The number of rotatable bonds is 9. The summed E-state index contributed by atoms with van der Waals surface area (Å²) in [4.78, 5) is 37.4. The number of carbonyl (C=O) groups excluding carboxylic acids is 1. The summed E-state index contributed by atoms with van der Waals surface area (Å²) < 4.78 is 0. The van der Waals surface area contributed by atoms with Crippen LogP contribution in [0.5, 0.6) is 0 Å². The highest BCUT2D eigenvalue weighted by atomic mass is 16.4. The molecule has 3 aromatic rings. The van der Waals surface area contributed by atoms with Gasteiger partial charge >= 0.3 is 5.97 Å². The highest BCUT2D eigenvalue weighted by Crippen LogP contribution is 2.30. The van der Waals surface area contributed by atoms with Crippen molar-refractivity contribution in [2.75, 3.05) is 42.3 Å². The maximum Gasteiger partial charge on any atom is 0.308 e. The van der Waals surface area contributed by atoms with Crippen molar-refractivity contribution in [1.82, 2.24) is 9.97 Å². The van der Waals surface area contributed by atoms with E-state index in [1.165, 1.54) is 6.08 Å². The average molecular weight is 486 g/mol. The number of anilines is 3. The fraction of sp³-hybridized carbons (Fsp3) is 0.286. The normalized spacial score (nSPS) is 13.2. The van der Waals surface area contributed by atoms with E-state index in [2.05, 4.69) is 10.2 Å². The number of amides is 1. The van der Waals surface area contributed by atoms with Crippen LogP contribution in [0.25, 0.3) is 6.08 Å². The van der Waals surface area contributed by atoms with Crippen molar-refractivity contribution in [3.63, 3.8) is 0 Å². The second-order valence-corrected chi connectivity index (χ2v) is 9.03. The van der Waals surface area contributed by atoms with Gasteiger partial charge in [-0.15, -0.1) is 0 Å². The van der Waals surface area contributed by atoms with Crippen LogP contribution >= 0.6 is 0 Å². The molecule has 0 radical (unpaired) electrons. The first-order chi connectivity index (χ1) is 17.4. The maximum absolute atomic E-state index is 12.3. The Balaban J connectivity index is 1.50. The van der Waals surface area contributed by atoms with E-state index in [4.69, 9.17) is 9.97 Å². The van der Waals surface area contributed by atoms with Crippen molar-refractivity contribution in [3.8, 4) is 0 Å². The van der Waals surface area contributed by atoms with Crippen LogP contribution in [-0.2, 0) is 22.4 Å². The second-order valence-electron chi connectivity index (χ2n) is 9.03. The lowest BCUT2D eigenvalue weighted by Crippen LogP contribution is -2.26. The van der Waals surface area contributed by atoms with Gasteiger partial charge in [0.1, 0.15) is 17.5 Å². The smallest absolute Gasteiger partial charge is 0.308 e. The molecule has 0 unspecified atom stereocenters. The van der Waals surface area contributed by atoms with Gasteiger partial charge in [-0.2, -0.15) is 0 Å². The average Bonchev–Trinajstić information content (AvgIpc) is 3.40. The van der Waals surface area contributed by atoms with E-state index in [9.17, 15) is 14.7 Å². The zero-order valence-corrected chi connectivity index (χ0v) is 20.6. The van der Waals surface area contributed by atoms with Gasteiger partial charge in [0.2, 0.25) is 5.91 Å². The Labute approximate surface area is 211 Å². The van der Waals surface area contributed by atoms with E-state index in [0.717, 1.165) is 42.9 Å². The van der Waals surface area contributed by atoms with Gasteiger partial charge in [-0.1, -0.05) is 42.5 Å². The predicted molar refractivity (Wildman–Crippen MR) is 142 cm³/mol. The molecule has 1 aliphatic heterocycles. The number of carbonyl (C=O) groups is 2. The summed E-state index contributed by atoms with van der Waals surface area (Å²) in [6.07, 6.45) is 5.80. The van der Waals surface area contributed by atoms with Gasteiger partial charge in [0.25, 0.3) is 0 Å². The molecule has 2 N–H and O–H groups in total. The standard InChI is InChI=1S/C28H31N5O3/c1-32(2)27-23(19-26(35)36)28(33-16-6-7-17-33)31-24(30-27)18-21-10-13-22(14-11-21)29-25(34)15-12-20-8-4-3-5-9-20/h3-5,8-15H,6-7,16-19H2,1-2H3,(H,29,34)(H,35,36)/b15-12+. The Morgan fingerprint density at radius 3 is 2.36 bits per heavy atom. The molecule has 1 saturated heterocycles. The molecule has 1 amide bonds. The van der Waals surface area contributed by atoms with Gasteiger partial charge in [-0.05, 0) is 42.2 Å². The first-order valence-corrected chi connectivity index (χ1v) is 12.1. The number of carboxylic acids is 1. The van der Waals surface area contributed by atoms with Crippen LogP contribution in [0.1, 0.15) is 35.4 Å². The molecule has 8 heteroatoms. The van der Waals surface area contributed by atoms with Crippen molar-refractivity contribution in [3.05, 3.63) is 83.2 Å². The Morgan fingerprint density at radius 1 is 1.03 bits per heavy atom. The molecule has 0 aliphatic carbocycles. The molecule has 1 fully saturated rings. The van der Waals surface area contributed by atoms with Crippen LogP contribution in [0.4, 0.5) is 17.3 Å². The van der Waals surface area contributed by atoms with Gasteiger partial charge in [0.05, 0.1) is 6.42 Å². The molecule has 2 heterocycles. The fourth-order valence-corrected chi connectivity index (χ4v) is 4.26. The monoisotopic (exact) mass is 485 g/mol. The first kappa shape index (κ1) is 24.9. The van der Waals surface area contributed by atoms with Gasteiger partial charge in [-0.3, -0.25) is 9.59 Å². The minimum absolute atomic E-state index is 0.118.